The van der Waals surface area contributed by atoms with Crippen molar-refractivity contribution in [3.63, 3.8) is 0 Å². The lowest BCUT2D eigenvalue weighted by atomic mass is 10.2. The van der Waals surface area contributed by atoms with Crippen LogP contribution in [0.1, 0.15) is 23.9 Å². The second-order valence-electron chi connectivity index (χ2n) is 4.53. The standard InChI is InChI=1S/C15H15ClN2O3/c1-3-13-15(7-4-10(2)17-13)21-12-5-6-14(18(19)20)11(8-12)9-16/h4-8H,3,9H2,1-2H3. The number of rotatable bonds is 5. The minimum atomic E-state index is -0.452. The quantitative estimate of drug-likeness (QED) is 0.467. The van der Waals surface area contributed by atoms with Crippen LogP contribution in [0.15, 0.2) is 30.3 Å². The molecule has 2 aromatic rings. The van der Waals surface area contributed by atoms with E-state index in [0.717, 1.165) is 17.8 Å². The Morgan fingerprint density at radius 2 is 2.10 bits per heavy atom. The third-order valence-electron chi connectivity index (χ3n) is 3.03. The van der Waals surface area contributed by atoms with Gasteiger partial charge in [0.25, 0.3) is 5.69 Å². The van der Waals surface area contributed by atoms with E-state index in [-0.39, 0.29) is 11.6 Å². The number of aromatic nitrogens is 1. The molecule has 0 aliphatic heterocycles. The molecule has 110 valence electrons. The highest BCUT2D eigenvalue weighted by molar-refractivity contribution is 6.17. The van der Waals surface area contributed by atoms with E-state index in [1.807, 2.05) is 26.0 Å². The largest absolute Gasteiger partial charge is 0.455 e. The van der Waals surface area contributed by atoms with Crippen LogP contribution in [0.3, 0.4) is 0 Å². The van der Waals surface area contributed by atoms with Crippen LogP contribution in [-0.4, -0.2) is 9.91 Å². The zero-order chi connectivity index (χ0) is 15.4. The summed E-state index contributed by atoms with van der Waals surface area (Å²) in [4.78, 5) is 14.8. The van der Waals surface area contributed by atoms with Gasteiger partial charge in [0, 0.05) is 17.3 Å². The van der Waals surface area contributed by atoms with E-state index in [1.165, 1.54) is 6.07 Å². The van der Waals surface area contributed by atoms with E-state index in [4.69, 9.17) is 16.3 Å². The summed E-state index contributed by atoms with van der Waals surface area (Å²) in [5.41, 5.74) is 2.19. The maximum absolute atomic E-state index is 10.9. The molecule has 0 atom stereocenters. The number of benzene rings is 1. The number of alkyl halides is 1. The average molecular weight is 307 g/mol. The van der Waals surface area contributed by atoms with Gasteiger partial charge < -0.3 is 4.74 Å². The molecule has 0 spiro atoms. The highest BCUT2D eigenvalue weighted by Gasteiger charge is 2.14. The fraction of sp³-hybridized carbons (Fsp3) is 0.267. The molecule has 0 bridgehead atoms. The number of hydrogen-bond donors (Lipinski definition) is 0. The zero-order valence-electron chi connectivity index (χ0n) is 11.8. The third-order valence-corrected chi connectivity index (χ3v) is 3.31. The molecule has 0 unspecified atom stereocenters. The molecule has 0 saturated carbocycles. The van der Waals surface area contributed by atoms with Crippen molar-refractivity contribution in [1.29, 1.82) is 0 Å². The molecule has 0 N–H and O–H groups in total. The molecule has 0 aliphatic carbocycles. The molecule has 0 fully saturated rings. The number of nitrogens with zero attached hydrogens (tertiary/aromatic N) is 2. The molecule has 2 rings (SSSR count). The molecule has 5 nitrogen and oxygen atoms in total. The van der Waals surface area contributed by atoms with Crippen LogP contribution in [0.2, 0.25) is 0 Å². The monoisotopic (exact) mass is 306 g/mol. The summed E-state index contributed by atoms with van der Waals surface area (Å²) >= 11 is 5.76. The van der Waals surface area contributed by atoms with E-state index >= 15 is 0 Å². The molecule has 21 heavy (non-hydrogen) atoms. The molecule has 1 aromatic heterocycles. The Bertz CT molecular complexity index is 674. The van der Waals surface area contributed by atoms with Crippen molar-refractivity contribution in [3.05, 3.63) is 57.4 Å². The summed E-state index contributed by atoms with van der Waals surface area (Å²) in [5, 5.41) is 10.9. The molecular weight excluding hydrogens is 292 g/mol. The molecular formula is C15H15ClN2O3. The van der Waals surface area contributed by atoms with E-state index in [2.05, 4.69) is 4.98 Å². The molecule has 0 radical (unpaired) electrons. The lowest BCUT2D eigenvalue weighted by Crippen LogP contribution is -1.97. The van der Waals surface area contributed by atoms with Crippen LogP contribution in [0.25, 0.3) is 0 Å². The summed E-state index contributed by atoms with van der Waals surface area (Å²) in [7, 11) is 0. The minimum absolute atomic E-state index is 0.00454. The summed E-state index contributed by atoms with van der Waals surface area (Å²) < 4.78 is 5.79. The van der Waals surface area contributed by atoms with Gasteiger partial charge in [0.15, 0.2) is 0 Å². The predicted octanol–water partition coefficient (Wildman–Crippen LogP) is 4.39. The summed E-state index contributed by atoms with van der Waals surface area (Å²) in [6, 6.07) is 8.27. The summed E-state index contributed by atoms with van der Waals surface area (Å²) in [6.07, 6.45) is 0.742. The molecule has 0 saturated heterocycles. The number of pyridine rings is 1. The molecule has 6 heteroatoms. The number of ether oxygens (including phenoxy) is 1. The van der Waals surface area contributed by atoms with Gasteiger partial charge >= 0.3 is 0 Å². The highest BCUT2D eigenvalue weighted by atomic mass is 35.5. The van der Waals surface area contributed by atoms with E-state index in [9.17, 15) is 10.1 Å². The van der Waals surface area contributed by atoms with Crippen LogP contribution in [-0.2, 0) is 12.3 Å². The number of aryl methyl sites for hydroxylation is 2. The van der Waals surface area contributed by atoms with Crippen molar-refractivity contribution >= 4 is 17.3 Å². The Morgan fingerprint density at radius 3 is 2.71 bits per heavy atom. The maximum Gasteiger partial charge on any atom is 0.274 e. The third kappa shape index (κ3) is 3.49. The van der Waals surface area contributed by atoms with E-state index in [1.54, 1.807) is 12.1 Å². The van der Waals surface area contributed by atoms with Gasteiger partial charge in [-0.3, -0.25) is 15.1 Å². The van der Waals surface area contributed by atoms with Gasteiger partial charge in [0.2, 0.25) is 0 Å². The van der Waals surface area contributed by atoms with Crippen molar-refractivity contribution in [2.75, 3.05) is 0 Å². The molecule has 1 aromatic carbocycles. The van der Waals surface area contributed by atoms with Gasteiger partial charge in [0.1, 0.15) is 11.5 Å². The number of nitro groups is 1. The summed E-state index contributed by atoms with van der Waals surface area (Å²) in [5.74, 6) is 1.22. The Kier molecular flexibility index (Phi) is 4.75. The second kappa shape index (κ2) is 6.54. The van der Waals surface area contributed by atoms with Gasteiger partial charge in [-0.25, -0.2) is 0 Å². The maximum atomic E-state index is 10.9. The van der Waals surface area contributed by atoms with E-state index in [0.29, 0.717) is 17.1 Å². The number of nitro benzene ring substituents is 1. The van der Waals surface area contributed by atoms with Crippen molar-refractivity contribution in [3.8, 4) is 11.5 Å². The first-order chi connectivity index (χ1) is 10.0. The lowest BCUT2D eigenvalue weighted by Gasteiger charge is -2.11. The fourth-order valence-electron chi connectivity index (χ4n) is 1.98. The minimum Gasteiger partial charge on any atom is -0.455 e. The SMILES string of the molecule is CCc1nc(C)ccc1Oc1ccc([N+](=O)[O-])c(CCl)c1. The normalized spacial score (nSPS) is 10.4. The van der Waals surface area contributed by atoms with Crippen molar-refractivity contribution < 1.29 is 9.66 Å². The Balaban J connectivity index is 2.34. The second-order valence-corrected chi connectivity index (χ2v) is 4.80. The lowest BCUT2D eigenvalue weighted by molar-refractivity contribution is -0.385. The topological polar surface area (TPSA) is 65.3 Å². The van der Waals surface area contributed by atoms with Crippen molar-refractivity contribution in [2.24, 2.45) is 0 Å². The Labute approximate surface area is 127 Å². The van der Waals surface area contributed by atoms with Gasteiger partial charge in [0.05, 0.1) is 16.5 Å². The predicted molar refractivity (Wildman–Crippen MR) is 81.1 cm³/mol. The van der Waals surface area contributed by atoms with Crippen LogP contribution in [0.4, 0.5) is 5.69 Å². The van der Waals surface area contributed by atoms with E-state index < -0.39 is 4.92 Å². The Hall–Kier alpha value is -2.14. The smallest absolute Gasteiger partial charge is 0.274 e. The van der Waals surface area contributed by atoms with Crippen LogP contribution >= 0.6 is 11.6 Å². The van der Waals surface area contributed by atoms with Crippen molar-refractivity contribution in [2.45, 2.75) is 26.1 Å². The molecule has 0 aliphatic rings. The Morgan fingerprint density at radius 1 is 1.33 bits per heavy atom. The van der Waals surface area contributed by atoms with Crippen LogP contribution in [0.5, 0.6) is 11.5 Å². The van der Waals surface area contributed by atoms with Gasteiger partial charge in [-0.05, 0) is 37.6 Å². The number of hydrogen-bond acceptors (Lipinski definition) is 4. The first kappa shape index (κ1) is 15.3. The van der Waals surface area contributed by atoms with Gasteiger partial charge in [-0.2, -0.15) is 0 Å². The van der Waals surface area contributed by atoms with Crippen LogP contribution in [0, 0.1) is 17.0 Å². The van der Waals surface area contributed by atoms with Crippen molar-refractivity contribution in [1.82, 2.24) is 4.98 Å². The molecule has 0 amide bonds. The van der Waals surface area contributed by atoms with Gasteiger partial charge in [-0.15, -0.1) is 11.6 Å². The number of halogens is 1. The average Bonchev–Trinajstić information content (AvgIpc) is 2.48. The molecule has 1 heterocycles. The first-order valence-electron chi connectivity index (χ1n) is 6.52. The van der Waals surface area contributed by atoms with Gasteiger partial charge in [-0.1, -0.05) is 6.92 Å². The summed E-state index contributed by atoms with van der Waals surface area (Å²) in [6.45, 7) is 3.91. The fourth-order valence-corrected chi connectivity index (χ4v) is 2.20. The first-order valence-corrected chi connectivity index (χ1v) is 7.06. The highest BCUT2D eigenvalue weighted by Crippen LogP contribution is 2.30. The zero-order valence-corrected chi connectivity index (χ0v) is 12.6. The van der Waals surface area contributed by atoms with Crippen LogP contribution < -0.4 is 4.74 Å².